The molecule has 182 valence electrons. The molecule has 0 unspecified atom stereocenters. The predicted molar refractivity (Wildman–Crippen MR) is 140 cm³/mol. The van der Waals surface area contributed by atoms with Crippen molar-refractivity contribution in [2.45, 2.75) is 0 Å². The number of amides is 1. The van der Waals surface area contributed by atoms with Gasteiger partial charge in [0.25, 0.3) is 0 Å². The van der Waals surface area contributed by atoms with E-state index in [1.165, 1.54) is 24.3 Å². The quantitative estimate of drug-likeness (QED) is 0.356. The summed E-state index contributed by atoms with van der Waals surface area (Å²) in [5.41, 5.74) is 1.17. The smallest absolute Gasteiger partial charge is 0.246 e. The van der Waals surface area contributed by atoms with Crippen LogP contribution in [-0.4, -0.2) is 52.3 Å². The van der Waals surface area contributed by atoms with Gasteiger partial charge in [-0.25, -0.2) is 4.39 Å². The monoisotopic (exact) mass is 503 g/mol. The van der Waals surface area contributed by atoms with E-state index in [4.69, 9.17) is 11.6 Å². The van der Waals surface area contributed by atoms with E-state index in [1.54, 1.807) is 17.0 Å². The van der Waals surface area contributed by atoms with Gasteiger partial charge in [0, 0.05) is 53.2 Å². The predicted octanol–water partition coefficient (Wildman–Crippen LogP) is 5.37. The maximum atomic E-state index is 14.8. The lowest BCUT2D eigenvalue weighted by Crippen LogP contribution is -2.48. The fraction of sp³-hybridized carbons (Fsp3) is 0.148. The highest BCUT2D eigenvalue weighted by Crippen LogP contribution is 2.42. The number of nitrogens with one attached hydrogen (secondary N) is 1. The zero-order valence-electron chi connectivity index (χ0n) is 19.3. The number of halogens is 2. The Morgan fingerprint density at radius 2 is 1.78 bits per heavy atom. The number of aromatic hydroxyl groups is 1. The first-order valence-electron chi connectivity index (χ1n) is 11.4. The molecule has 1 aliphatic heterocycles. The van der Waals surface area contributed by atoms with E-state index in [9.17, 15) is 14.3 Å². The first-order valence-corrected chi connectivity index (χ1v) is 11.8. The number of nitrogens with zero attached hydrogens (tertiary/aromatic N) is 4. The number of phenolic OH excluding ortho intramolecular Hbond substituents is 1. The minimum atomic E-state index is -0.584. The molecule has 1 saturated heterocycles. The summed E-state index contributed by atoms with van der Waals surface area (Å²) in [6.07, 6.45) is 1.31. The summed E-state index contributed by atoms with van der Waals surface area (Å²) in [6, 6.07) is 17.1. The van der Waals surface area contributed by atoms with Gasteiger partial charge in [-0.15, -0.1) is 10.2 Å². The van der Waals surface area contributed by atoms with Crippen LogP contribution < -0.4 is 10.2 Å². The van der Waals surface area contributed by atoms with Gasteiger partial charge in [-0.2, -0.15) is 0 Å². The SMILES string of the molecule is C=CC(=O)N1CCN(c2nnc(Nc3ccccc3)c3cc(-c4c(O)cccc4F)c(Cl)cc23)CC1. The molecule has 9 heteroatoms. The average molecular weight is 504 g/mol. The number of benzene rings is 3. The van der Waals surface area contributed by atoms with E-state index < -0.39 is 5.82 Å². The van der Waals surface area contributed by atoms with Crippen LogP contribution in [0.15, 0.2) is 73.3 Å². The molecular weight excluding hydrogens is 481 g/mol. The first kappa shape index (κ1) is 23.6. The van der Waals surface area contributed by atoms with E-state index in [-0.39, 0.29) is 22.2 Å². The van der Waals surface area contributed by atoms with Crippen molar-refractivity contribution >= 4 is 45.6 Å². The molecule has 1 amide bonds. The summed E-state index contributed by atoms with van der Waals surface area (Å²) >= 11 is 6.66. The summed E-state index contributed by atoms with van der Waals surface area (Å²) in [6.45, 7) is 5.72. The third-order valence-electron chi connectivity index (χ3n) is 6.21. The van der Waals surface area contributed by atoms with Crippen LogP contribution in [0.3, 0.4) is 0 Å². The molecule has 0 radical (unpaired) electrons. The Morgan fingerprint density at radius 1 is 1.03 bits per heavy atom. The van der Waals surface area contributed by atoms with Crippen LogP contribution in [0.25, 0.3) is 21.9 Å². The van der Waals surface area contributed by atoms with Crippen LogP contribution in [-0.2, 0) is 4.79 Å². The largest absolute Gasteiger partial charge is 0.507 e. The number of carbonyl (C=O) groups is 1. The van der Waals surface area contributed by atoms with Crippen molar-refractivity contribution in [3.8, 4) is 16.9 Å². The highest BCUT2D eigenvalue weighted by molar-refractivity contribution is 6.34. The number of fused-ring (bicyclic) bond motifs is 1. The molecule has 5 rings (SSSR count). The number of rotatable bonds is 5. The second-order valence-electron chi connectivity index (χ2n) is 8.39. The van der Waals surface area contributed by atoms with Gasteiger partial charge >= 0.3 is 0 Å². The van der Waals surface area contributed by atoms with Crippen LogP contribution in [0.4, 0.5) is 21.7 Å². The Hall–Kier alpha value is -4.17. The molecular formula is C27H23ClFN5O2. The Morgan fingerprint density at radius 3 is 2.47 bits per heavy atom. The minimum Gasteiger partial charge on any atom is -0.507 e. The summed E-state index contributed by atoms with van der Waals surface area (Å²) in [7, 11) is 0. The standard InChI is InChI=1S/C27H23ClFN5O2/c1-2-24(36)33-11-13-34(14-12-33)27-19-16-21(28)20(25-22(29)9-6-10-23(25)35)15-18(19)26(31-32-27)30-17-7-4-3-5-8-17/h2-10,15-16,35H,1,11-14H2,(H,30,31). The van der Waals surface area contributed by atoms with Gasteiger partial charge in [-0.3, -0.25) is 4.79 Å². The summed E-state index contributed by atoms with van der Waals surface area (Å²) in [5, 5.41) is 24.3. The lowest BCUT2D eigenvalue weighted by Gasteiger charge is -2.35. The Balaban J connectivity index is 1.63. The number of phenols is 1. The normalized spacial score (nSPS) is 13.6. The highest BCUT2D eigenvalue weighted by Gasteiger charge is 2.24. The molecule has 0 spiro atoms. The number of hydrogen-bond acceptors (Lipinski definition) is 6. The molecule has 1 aliphatic rings. The summed E-state index contributed by atoms with van der Waals surface area (Å²) in [4.78, 5) is 15.8. The number of carbonyl (C=O) groups excluding carboxylic acids is 1. The van der Waals surface area contributed by atoms with Crippen molar-refractivity contribution in [2.24, 2.45) is 0 Å². The van der Waals surface area contributed by atoms with Gasteiger partial charge in [-0.05, 0) is 42.5 Å². The maximum Gasteiger partial charge on any atom is 0.246 e. The molecule has 1 fully saturated rings. The van der Waals surface area contributed by atoms with Gasteiger partial charge in [0.1, 0.15) is 11.6 Å². The van der Waals surface area contributed by atoms with Crippen molar-refractivity contribution in [1.29, 1.82) is 0 Å². The van der Waals surface area contributed by atoms with Gasteiger partial charge in [0.15, 0.2) is 11.6 Å². The minimum absolute atomic E-state index is 0.0185. The molecule has 0 aliphatic carbocycles. The fourth-order valence-electron chi connectivity index (χ4n) is 4.38. The Bertz CT molecular complexity index is 1440. The number of piperazine rings is 1. The van der Waals surface area contributed by atoms with Crippen LogP contribution in [0.5, 0.6) is 5.75 Å². The second-order valence-corrected chi connectivity index (χ2v) is 8.80. The molecule has 36 heavy (non-hydrogen) atoms. The Kier molecular flexibility index (Phi) is 6.43. The van der Waals surface area contributed by atoms with E-state index >= 15 is 0 Å². The molecule has 0 atom stereocenters. The summed E-state index contributed by atoms with van der Waals surface area (Å²) in [5.74, 6) is 0.179. The average Bonchev–Trinajstić information content (AvgIpc) is 2.89. The Labute approximate surface area is 212 Å². The van der Waals surface area contributed by atoms with Crippen molar-refractivity contribution in [1.82, 2.24) is 15.1 Å². The van der Waals surface area contributed by atoms with Gasteiger partial charge < -0.3 is 20.2 Å². The third kappa shape index (κ3) is 4.43. The zero-order chi connectivity index (χ0) is 25.2. The molecule has 3 aromatic carbocycles. The topological polar surface area (TPSA) is 81.6 Å². The zero-order valence-corrected chi connectivity index (χ0v) is 20.0. The van der Waals surface area contributed by atoms with Gasteiger partial charge in [0.05, 0.1) is 5.56 Å². The van der Waals surface area contributed by atoms with Gasteiger partial charge in [-0.1, -0.05) is 42.4 Å². The maximum absolute atomic E-state index is 14.8. The van der Waals surface area contributed by atoms with E-state index in [0.717, 1.165) is 11.1 Å². The molecule has 2 heterocycles. The van der Waals surface area contributed by atoms with E-state index in [1.807, 2.05) is 35.2 Å². The van der Waals surface area contributed by atoms with Crippen LogP contribution in [0, 0.1) is 5.82 Å². The molecule has 1 aromatic heterocycles. The van der Waals surface area contributed by atoms with Crippen LogP contribution in [0.2, 0.25) is 5.02 Å². The van der Waals surface area contributed by atoms with Crippen LogP contribution >= 0.6 is 11.6 Å². The third-order valence-corrected chi connectivity index (χ3v) is 6.52. The number of para-hydroxylation sites is 1. The molecule has 0 bridgehead atoms. The van der Waals surface area contributed by atoms with Crippen molar-refractivity contribution in [3.63, 3.8) is 0 Å². The lowest BCUT2D eigenvalue weighted by molar-refractivity contribution is -0.126. The first-order chi connectivity index (χ1) is 17.5. The molecule has 7 nitrogen and oxygen atoms in total. The van der Waals surface area contributed by atoms with E-state index in [2.05, 4.69) is 22.1 Å². The highest BCUT2D eigenvalue weighted by atomic mass is 35.5. The molecule has 4 aromatic rings. The van der Waals surface area contributed by atoms with Crippen molar-refractivity contribution < 1.29 is 14.3 Å². The van der Waals surface area contributed by atoms with Gasteiger partial charge in [0.2, 0.25) is 5.91 Å². The molecule has 0 saturated carbocycles. The number of aromatic nitrogens is 2. The van der Waals surface area contributed by atoms with Crippen LogP contribution in [0.1, 0.15) is 0 Å². The number of anilines is 3. The van der Waals surface area contributed by atoms with Crippen molar-refractivity contribution in [2.75, 3.05) is 36.4 Å². The number of hydrogen-bond donors (Lipinski definition) is 2. The van der Waals surface area contributed by atoms with Crippen molar-refractivity contribution in [3.05, 3.63) is 84.2 Å². The fourth-order valence-corrected chi connectivity index (χ4v) is 4.64. The lowest BCUT2D eigenvalue weighted by atomic mass is 10.00. The molecule has 2 N–H and O–H groups in total. The second kappa shape index (κ2) is 9.83. The summed E-state index contributed by atoms with van der Waals surface area (Å²) < 4.78 is 14.8. The van der Waals surface area contributed by atoms with E-state index in [0.29, 0.717) is 48.8 Å².